The molecular formula is C11H13F3N4O. The van der Waals surface area contributed by atoms with Crippen LogP contribution in [0.15, 0.2) is 12.3 Å². The summed E-state index contributed by atoms with van der Waals surface area (Å²) < 4.78 is 37.5. The predicted octanol–water partition coefficient (Wildman–Crippen LogP) is 1.56. The molecule has 3 N–H and O–H groups in total. The molecule has 0 aliphatic heterocycles. The number of halogens is 3. The van der Waals surface area contributed by atoms with Gasteiger partial charge in [-0.15, -0.1) is 0 Å². The minimum atomic E-state index is -4.52. The van der Waals surface area contributed by atoms with E-state index >= 15 is 0 Å². The van der Waals surface area contributed by atoms with Gasteiger partial charge in [-0.05, 0) is 18.9 Å². The van der Waals surface area contributed by atoms with Gasteiger partial charge in [0.2, 0.25) is 11.9 Å². The van der Waals surface area contributed by atoms with Gasteiger partial charge >= 0.3 is 6.18 Å². The van der Waals surface area contributed by atoms with E-state index in [-0.39, 0.29) is 12.0 Å². The Morgan fingerprint density at radius 3 is 2.79 bits per heavy atom. The molecule has 0 spiro atoms. The second-order valence-corrected chi connectivity index (χ2v) is 4.45. The molecule has 1 aromatic heterocycles. The van der Waals surface area contributed by atoms with E-state index in [2.05, 4.69) is 15.3 Å². The molecule has 1 aliphatic carbocycles. The minimum absolute atomic E-state index is 0.132. The van der Waals surface area contributed by atoms with Crippen LogP contribution in [0.5, 0.6) is 0 Å². The Labute approximate surface area is 107 Å². The largest absolute Gasteiger partial charge is 0.433 e. The summed E-state index contributed by atoms with van der Waals surface area (Å²) in [5, 5.41) is 2.76. The summed E-state index contributed by atoms with van der Waals surface area (Å²) in [5.74, 6) is -0.979. The van der Waals surface area contributed by atoms with Crippen molar-refractivity contribution in [2.24, 2.45) is 11.7 Å². The molecular weight excluding hydrogens is 261 g/mol. The number of hydrogen-bond donors (Lipinski definition) is 2. The summed E-state index contributed by atoms with van der Waals surface area (Å²) in [7, 11) is 0. The van der Waals surface area contributed by atoms with Crippen molar-refractivity contribution in [1.82, 2.24) is 9.97 Å². The number of nitrogens with two attached hydrogens (primary N) is 1. The zero-order valence-corrected chi connectivity index (χ0v) is 9.94. The zero-order valence-electron chi connectivity index (χ0n) is 9.94. The number of carbonyl (C=O) groups is 1. The Morgan fingerprint density at radius 1 is 1.42 bits per heavy atom. The van der Waals surface area contributed by atoms with Gasteiger partial charge in [-0.25, -0.2) is 9.97 Å². The third kappa shape index (κ3) is 3.12. The molecule has 2 atom stereocenters. The summed E-state index contributed by atoms with van der Waals surface area (Å²) in [6, 6.07) is 0.492. The van der Waals surface area contributed by atoms with E-state index < -0.39 is 23.7 Å². The fourth-order valence-electron chi connectivity index (χ4n) is 2.23. The van der Waals surface area contributed by atoms with E-state index in [4.69, 9.17) is 5.73 Å². The molecule has 5 nitrogen and oxygen atoms in total. The van der Waals surface area contributed by atoms with Crippen LogP contribution < -0.4 is 11.1 Å². The van der Waals surface area contributed by atoms with Gasteiger partial charge in [0.1, 0.15) is 5.69 Å². The Balaban J connectivity index is 2.13. The summed E-state index contributed by atoms with van der Waals surface area (Å²) in [4.78, 5) is 18.3. The average Bonchev–Trinajstić information content (AvgIpc) is 2.76. The van der Waals surface area contributed by atoms with Crippen LogP contribution in [-0.4, -0.2) is 21.9 Å². The van der Waals surface area contributed by atoms with Gasteiger partial charge in [0.15, 0.2) is 0 Å². The van der Waals surface area contributed by atoms with Gasteiger partial charge in [-0.3, -0.25) is 4.79 Å². The lowest BCUT2D eigenvalue weighted by molar-refractivity contribution is -0.141. The van der Waals surface area contributed by atoms with Gasteiger partial charge in [0, 0.05) is 12.2 Å². The molecule has 0 radical (unpaired) electrons. The van der Waals surface area contributed by atoms with Crippen LogP contribution in [0, 0.1) is 5.92 Å². The number of alkyl halides is 3. The lowest BCUT2D eigenvalue weighted by atomic mass is 10.0. The maximum Gasteiger partial charge on any atom is 0.433 e. The number of aromatic nitrogens is 2. The summed E-state index contributed by atoms with van der Waals surface area (Å²) >= 11 is 0. The number of nitrogens with one attached hydrogen (secondary N) is 1. The zero-order chi connectivity index (χ0) is 14.0. The highest BCUT2D eigenvalue weighted by Gasteiger charge is 2.34. The smallest absolute Gasteiger partial charge is 0.369 e. The number of nitrogens with zero attached hydrogens (tertiary/aromatic N) is 2. The van der Waals surface area contributed by atoms with Crippen molar-refractivity contribution in [2.75, 3.05) is 5.32 Å². The number of anilines is 1. The van der Waals surface area contributed by atoms with Crippen LogP contribution in [0.1, 0.15) is 25.0 Å². The fourth-order valence-corrected chi connectivity index (χ4v) is 2.23. The molecule has 0 saturated heterocycles. The molecule has 1 aliphatic rings. The Bertz CT molecular complexity index is 477. The quantitative estimate of drug-likeness (QED) is 0.876. The number of rotatable bonds is 3. The third-order valence-corrected chi connectivity index (χ3v) is 3.14. The van der Waals surface area contributed by atoms with Crippen LogP contribution in [0.25, 0.3) is 0 Å². The first kappa shape index (κ1) is 13.6. The topological polar surface area (TPSA) is 80.9 Å². The Kier molecular flexibility index (Phi) is 3.59. The van der Waals surface area contributed by atoms with Crippen molar-refractivity contribution in [3.8, 4) is 0 Å². The molecule has 0 aromatic carbocycles. The number of carbonyl (C=O) groups excluding carboxylic acids is 1. The monoisotopic (exact) mass is 274 g/mol. The van der Waals surface area contributed by atoms with Crippen molar-refractivity contribution in [2.45, 2.75) is 31.5 Å². The molecule has 0 bridgehead atoms. The van der Waals surface area contributed by atoms with Gasteiger partial charge < -0.3 is 11.1 Å². The van der Waals surface area contributed by atoms with Gasteiger partial charge in [-0.1, -0.05) is 6.42 Å². The molecule has 1 amide bonds. The molecule has 8 heteroatoms. The first-order valence-corrected chi connectivity index (χ1v) is 5.84. The Hall–Kier alpha value is -1.86. The summed E-state index contributed by atoms with van der Waals surface area (Å²) in [6.07, 6.45) is -1.39. The highest BCUT2D eigenvalue weighted by atomic mass is 19.4. The summed E-state index contributed by atoms with van der Waals surface area (Å²) in [5.41, 5.74) is 4.23. The van der Waals surface area contributed by atoms with Gasteiger partial charge in [-0.2, -0.15) is 13.2 Å². The SMILES string of the molecule is NC(=O)[C@@H]1CCC[C@@H]1Nc1nccc(C(F)(F)F)n1. The second-order valence-electron chi connectivity index (χ2n) is 4.45. The standard InChI is InChI=1S/C11H13F3N4O/c12-11(13,14)8-4-5-16-10(18-8)17-7-3-1-2-6(7)9(15)19/h4-7H,1-3H2,(H2,15,19)(H,16,17,18)/t6-,7+/m1/s1. The maximum absolute atomic E-state index is 12.5. The normalized spacial score (nSPS) is 23.3. The molecule has 1 fully saturated rings. The lowest BCUT2D eigenvalue weighted by Crippen LogP contribution is -2.34. The van der Waals surface area contributed by atoms with E-state index in [9.17, 15) is 18.0 Å². The highest BCUT2D eigenvalue weighted by molar-refractivity contribution is 5.78. The van der Waals surface area contributed by atoms with Crippen LogP contribution in [0.2, 0.25) is 0 Å². The van der Waals surface area contributed by atoms with E-state index in [1.807, 2.05) is 0 Å². The Morgan fingerprint density at radius 2 is 2.16 bits per heavy atom. The molecule has 0 unspecified atom stereocenters. The van der Waals surface area contributed by atoms with Crippen LogP contribution in [0.4, 0.5) is 19.1 Å². The van der Waals surface area contributed by atoms with Gasteiger partial charge in [0.25, 0.3) is 0 Å². The lowest BCUT2D eigenvalue weighted by Gasteiger charge is -2.18. The van der Waals surface area contributed by atoms with Crippen LogP contribution >= 0.6 is 0 Å². The van der Waals surface area contributed by atoms with Gasteiger partial charge in [0.05, 0.1) is 5.92 Å². The fraction of sp³-hybridized carbons (Fsp3) is 0.545. The van der Waals surface area contributed by atoms with Crippen molar-refractivity contribution >= 4 is 11.9 Å². The first-order valence-electron chi connectivity index (χ1n) is 5.84. The van der Waals surface area contributed by atoms with E-state index in [1.165, 1.54) is 0 Å². The molecule has 2 rings (SSSR count). The van der Waals surface area contributed by atoms with Crippen molar-refractivity contribution in [3.63, 3.8) is 0 Å². The minimum Gasteiger partial charge on any atom is -0.369 e. The number of hydrogen-bond acceptors (Lipinski definition) is 4. The van der Waals surface area contributed by atoms with Crippen LogP contribution in [0.3, 0.4) is 0 Å². The third-order valence-electron chi connectivity index (χ3n) is 3.14. The first-order chi connectivity index (χ1) is 8.88. The number of primary amides is 1. The van der Waals surface area contributed by atoms with Crippen molar-refractivity contribution in [3.05, 3.63) is 18.0 Å². The second kappa shape index (κ2) is 5.02. The van der Waals surface area contributed by atoms with E-state index in [1.54, 1.807) is 0 Å². The molecule has 19 heavy (non-hydrogen) atoms. The predicted molar refractivity (Wildman–Crippen MR) is 61.0 cm³/mol. The average molecular weight is 274 g/mol. The molecule has 104 valence electrons. The van der Waals surface area contributed by atoms with E-state index in [0.717, 1.165) is 18.7 Å². The molecule has 1 aromatic rings. The maximum atomic E-state index is 12.5. The van der Waals surface area contributed by atoms with Crippen LogP contribution in [-0.2, 0) is 11.0 Å². The number of amides is 1. The van der Waals surface area contributed by atoms with E-state index in [0.29, 0.717) is 12.8 Å². The van der Waals surface area contributed by atoms with Crippen molar-refractivity contribution in [1.29, 1.82) is 0 Å². The molecule has 1 heterocycles. The van der Waals surface area contributed by atoms with Crippen molar-refractivity contribution < 1.29 is 18.0 Å². The summed E-state index contributed by atoms with van der Waals surface area (Å²) in [6.45, 7) is 0. The highest BCUT2D eigenvalue weighted by Crippen LogP contribution is 2.30. The molecule has 1 saturated carbocycles.